The molecule has 6 amide bonds. The number of nitrogens with one attached hydrogen (secondary N) is 5. The lowest BCUT2D eigenvalue weighted by molar-refractivity contribution is -0.117. The van der Waals surface area contributed by atoms with Crippen molar-refractivity contribution in [3.05, 3.63) is 382 Å². The Morgan fingerprint density at radius 2 is 0.638 bits per heavy atom. The molecule has 0 aliphatic carbocycles. The molecular weight excluding hydrogens is 1950 g/mol. The topological polar surface area (TPSA) is 297 Å². The van der Waals surface area contributed by atoms with Gasteiger partial charge in [0.2, 0.25) is 35.4 Å². The number of aromatic nitrogens is 6. The molecule has 12 aliphatic heterocycles. The van der Waals surface area contributed by atoms with Crippen molar-refractivity contribution in [1.29, 1.82) is 0 Å². The summed E-state index contributed by atoms with van der Waals surface area (Å²) in [6, 6.07) is 81.0. The average molecular weight is 2050 g/mol. The summed E-state index contributed by atoms with van der Waals surface area (Å²) in [5.41, 5.74) is 36.3. The third-order valence-electron chi connectivity index (χ3n) is 29.5. The first-order chi connectivity index (χ1) is 72.8. The summed E-state index contributed by atoms with van der Waals surface area (Å²) in [7, 11) is 1.68. The van der Waals surface area contributed by atoms with Crippen LogP contribution in [0.2, 0.25) is 20.1 Å². The predicted molar refractivity (Wildman–Crippen MR) is 596 cm³/mol. The molecule has 6 fully saturated rings. The average Bonchev–Trinajstić information content (AvgIpc) is 1.64. The maximum atomic E-state index is 12.1. The number of benzene rings is 11. The van der Waals surface area contributed by atoms with Crippen LogP contribution >= 0.6 is 46.4 Å². The Morgan fingerprint density at radius 1 is 0.289 bits per heavy atom. The summed E-state index contributed by atoms with van der Waals surface area (Å²) in [4.78, 5) is 133. The molecule has 0 atom stereocenters. The first kappa shape index (κ1) is 95.0. The summed E-state index contributed by atoms with van der Waals surface area (Å²) < 4.78 is 5.46. The lowest BCUT2D eigenvalue weighted by Gasteiger charge is -2.17. The number of nitrogens with zero attached hydrogens (tertiary/aromatic N) is 13. The van der Waals surface area contributed by atoms with E-state index in [0.29, 0.717) is 87.8 Å². The van der Waals surface area contributed by atoms with E-state index < -0.39 is 0 Å². The molecule has 12 aliphatic rings. The molecule has 0 bridgehead atoms. The monoisotopic (exact) mass is 2040 g/mol. The normalized spacial score (nSPS) is 16.6. The van der Waals surface area contributed by atoms with Gasteiger partial charge in [0.15, 0.2) is 0 Å². The summed E-state index contributed by atoms with van der Waals surface area (Å²) in [6.45, 7) is 8.88. The molecule has 0 unspecified atom stereocenters. The van der Waals surface area contributed by atoms with Gasteiger partial charge in [-0.15, -0.1) is 0 Å². The van der Waals surface area contributed by atoms with Crippen LogP contribution in [0.15, 0.2) is 291 Å². The second-order valence-electron chi connectivity index (χ2n) is 38.8. The van der Waals surface area contributed by atoms with Gasteiger partial charge in [0, 0.05) is 216 Å². The van der Waals surface area contributed by atoms with Crippen molar-refractivity contribution in [2.75, 3.05) is 75.8 Å². The van der Waals surface area contributed by atoms with Gasteiger partial charge in [-0.3, -0.25) is 63.7 Å². The number of fused-ring (bicyclic) bond motifs is 11. The predicted octanol–water partition coefficient (Wildman–Crippen LogP) is 24.1. The number of methoxy groups -OCH3 is 1. The van der Waals surface area contributed by atoms with Crippen LogP contribution in [-0.4, -0.2) is 146 Å². The number of aliphatic imine (C=N–C) groups is 6. The fourth-order valence-electron chi connectivity index (χ4n) is 21.9. The highest BCUT2D eigenvalue weighted by Gasteiger charge is 2.34. The second kappa shape index (κ2) is 40.6. The first-order valence-corrected chi connectivity index (χ1v) is 52.1. The van der Waals surface area contributed by atoms with E-state index in [1.807, 2.05) is 175 Å². The SMILES string of the molecule is COc1cccc2cc(C3=NCc4ccc(N5CCCC5=O)cc43)[nH]c12.O=C1CCCN1c1ccc2c(c1)C(/C=C/c1ccncc1)=NC2.O=C1CCCN1c1ccc2c(c1)C(c1cc3c(Cl)cccc3[nH]1)=NC2.O=C1CCCN1c1ccc2c(c1)C(c1cc3cc(Cl)ccc3[nH]1)=NC2.O=C1CCCN1c1ccc2c(c1)C(c1cc3ccc(Cl)cc3[nH]1)=NC2.O=C1CCCN1c1ccc2c(c1)C(c1cc3cccc(Cl)c3[nH]1)=NC2. The second-order valence-corrected chi connectivity index (χ2v) is 40.5. The van der Waals surface area contributed by atoms with Crippen LogP contribution in [-0.2, 0) is 68.0 Å². The number of ether oxygens (including phenoxy) is 1. The molecule has 6 aromatic heterocycles. The van der Waals surface area contributed by atoms with Crippen LogP contribution < -0.4 is 34.1 Å². The lowest BCUT2D eigenvalue weighted by atomic mass is 10.0. The Hall–Kier alpha value is -16.2. The number of pyridine rings is 1. The Bertz CT molecular complexity index is 8290. The molecule has 0 spiro atoms. The van der Waals surface area contributed by atoms with Gasteiger partial charge in [-0.1, -0.05) is 125 Å². The maximum absolute atomic E-state index is 12.1. The fourth-order valence-corrected chi connectivity index (χ4v) is 22.7. The zero-order valence-electron chi connectivity index (χ0n) is 81.6. The van der Waals surface area contributed by atoms with E-state index in [4.69, 9.17) is 76.1 Å². The molecule has 11 aromatic carbocycles. The number of rotatable bonds is 14. The van der Waals surface area contributed by atoms with Crippen LogP contribution in [0.4, 0.5) is 34.1 Å². The molecule has 0 radical (unpaired) electrons. The quantitative estimate of drug-likeness (QED) is 0.0695. The van der Waals surface area contributed by atoms with E-state index in [1.165, 1.54) is 33.4 Å². The first-order valence-electron chi connectivity index (χ1n) is 50.6. The smallest absolute Gasteiger partial charge is 0.227 e. The molecule has 740 valence electrons. The number of carbonyl (C=O) groups excluding carboxylic acids is 6. The highest BCUT2D eigenvalue weighted by Crippen LogP contribution is 2.41. The maximum Gasteiger partial charge on any atom is 0.227 e. The van der Waals surface area contributed by atoms with Gasteiger partial charge in [-0.25, -0.2) is 0 Å². The van der Waals surface area contributed by atoms with Gasteiger partial charge in [0.05, 0.1) is 125 Å². The summed E-state index contributed by atoms with van der Waals surface area (Å²) in [5.74, 6) is 2.06. The van der Waals surface area contributed by atoms with E-state index in [9.17, 15) is 28.8 Å². The Kier molecular flexibility index (Phi) is 25.9. The van der Waals surface area contributed by atoms with Gasteiger partial charge in [0.1, 0.15) is 5.75 Å². The molecular formula is C120H100Cl4N18O7. The molecule has 29 rings (SSSR count). The van der Waals surface area contributed by atoms with Crippen LogP contribution in [0.1, 0.15) is 178 Å². The molecule has 0 saturated carbocycles. The third kappa shape index (κ3) is 18.9. The van der Waals surface area contributed by atoms with E-state index >= 15 is 0 Å². The zero-order valence-corrected chi connectivity index (χ0v) is 84.6. The van der Waals surface area contributed by atoms with Gasteiger partial charge < -0.3 is 59.1 Å². The number of H-pyrrole nitrogens is 5. The van der Waals surface area contributed by atoms with Gasteiger partial charge in [0.25, 0.3) is 0 Å². The molecule has 25 nitrogen and oxygen atoms in total. The molecule has 17 aromatic rings. The Morgan fingerprint density at radius 3 is 1.06 bits per heavy atom. The van der Waals surface area contributed by atoms with Crippen LogP contribution in [0.25, 0.3) is 60.6 Å². The van der Waals surface area contributed by atoms with Crippen molar-refractivity contribution in [1.82, 2.24) is 29.9 Å². The molecule has 6 saturated heterocycles. The third-order valence-corrected chi connectivity index (χ3v) is 30.6. The summed E-state index contributed by atoms with van der Waals surface area (Å²) >= 11 is 24.8. The van der Waals surface area contributed by atoms with Crippen molar-refractivity contribution < 1.29 is 33.5 Å². The van der Waals surface area contributed by atoms with Crippen molar-refractivity contribution in [3.63, 3.8) is 0 Å². The molecule has 5 N–H and O–H groups in total. The fraction of sp³-hybridized carbons (Fsp3) is 0.208. The van der Waals surface area contributed by atoms with E-state index in [-0.39, 0.29) is 35.4 Å². The number of para-hydroxylation sites is 2. The molecule has 149 heavy (non-hydrogen) atoms. The number of halogens is 4. The van der Waals surface area contributed by atoms with Crippen LogP contribution in [0.5, 0.6) is 5.75 Å². The standard InChI is InChI=1S/C21H19N3O2.4C20H16ClN3O.C19H17N3O/c1-26-18-5-2-4-13-10-17(23-20(13)18)21-16-11-15(8-7-14(16)12-22-21)24-9-3-6-19(24)25;21-16-3-1-4-17-15(16)10-18(23-17)20-14-9-13(7-6-12(14)11-22-20)24-8-2-5-19(24)25;21-16-4-1-3-12-9-17(23-19(12)16)20-15-10-14(7-6-13(15)11-22-20)24-8-2-5-18(24)25;21-14-4-6-17-13(8-14)9-18(23-17)20-16-10-15(5-3-12(16)11-22-20)24-7-1-2-19(24)25;21-14-5-3-12-8-18(23-17(12)9-14)20-16-10-15(6-4-13(16)11-22-20)24-7-1-2-19(24)25;23-19-2-1-11-22(19)16-5-4-15-13-21-18(17(15)12-16)6-3-14-7-9-20-10-8-14/h2,4-5,7-8,10-11,23H,3,6,9,12H2,1H3;2*1,3-4,6-7,9-10,23H,2,5,8,11H2;2*3-6,8-10,23H,1-2,7,11H2;3-10,12H,1-2,11,13H2/b;;;;;6-3+. The summed E-state index contributed by atoms with van der Waals surface area (Å²) in [5, 5.41) is 8.23. The largest absolute Gasteiger partial charge is 0.495 e. The highest BCUT2D eigenvalue weighted by atomic mass is 35.5. The Labute approximate surface area is 877 Å². The van der Waals surface area contributed by atoms with Crippen molar-refractivity contribution in [3.8, 4) is 5.75 Å². The number of aromatic amines is 5. The Balaban J connectivity index is 0.0000000953. The number of hydrogen-bond donors (Lipinski definition) is 5. The van der Waals surface area contributed by atoms with Crippen LogP contribution in [0, 0.1) is 0 Å². The number of allylic oxidation sites excluding steroid dienone is 1. The lowest BCUT2D eigenvalue weighted by Crippen LogP contribution is -2.23. The number of anilines is 6. The minimum Gasteiger partial charge on any atom is -0.495 e. The van der Waals surface area contributed by atoms with Crippen molar-refractivity contribution in [2.24, 2.45) is 30.0 Å². The molecule has 29 heteroatoms. The zero-order chi connectivity index (χ0) is 101. The molecule has 18 heterocycles. The van der Waals surface area contributed by atoms with E-state index in [1.54, 1.807) is 19.5 Å². The van der Waals surface area contributed by atoms with E-state index in [0.717, 1.165) is 284 Å². The highest BCUT2D eigenvalue weighted by molar-refractivity contribution is 6.37. The van der Waals surface area contributed by atoms with Crippen molar-refractivity contribution in [2.45, 2.75) is 116 Å². The van der Waals surface area contributed by atoms with E-state index in [2.05, 4.69) is 144 Å². The minimum atomic E-state index is 0.203. The van der Waals surface area contributed by atoms with Gasteiger partial charge in [-0.05, 0) is 253 Å². The van der Waals surface area contributed by atoms with Crippen LogP contribution in [0.3, 0.4) is 0 Å². The number of amides is 6. The van der Waals surface area contributed by atoms with Gasteiger partial charge in [-0.2, -0.15) is 0 Å². The van der Waals surface area contributed by atoms with Gasteiger partial charge >= 0.3 is 0 Å². The minimum absolute atomic E-state index is 0.203. The number of carbonyl (C=O) groups is 6. The van der Waals surface area contributed by atoms with Crippen molar-refractivity contribution >= 4 is 211 Å². The number of hydrogen-bond acceptors (Lipinski definition) is 14. The summed E-state index contributed by atoms with van der Waals surface area (Å²) in [6.07, 6.45) is 17.1.